The summed E-state index contributed by atoms with van der Waals surface area (Å²) in [6.07, 6.45) is -3.26. The van der Waals surface area contributed by atoms with Crippen LogP contribution in [0, 0.1) is 6.92 Å². The molecular weight excluding hydrogens is 555 g/mol. The number of thiazole rings is 1. The Labute approximate surface area is 236 Å². The lowest BCUT2D eigenvalue weighted by Crippen LogP contribution is -2.14. The van der Waals surface area contributed by atoms with Crippen molar-refractivity contribution in [2.75, 3.05) is 17.7 Å². The number of nitrogens with one attached hydrogen (secondary N) is 2. The van der Waals surface area contributed by atoms with E-state index < -0.39 is 17.6 Å². The van der Waals surface area contributed by atoms with Gasteiger partial charge in [-0.3, -0.25) is 19.9 Å². The third-order valence-electron chi connectivity index (χ3n) is 6.08. The number of aromatic nitrogens is 3. The third-order valence-corrected chi connectivity index (χ3v) is 6.96. The number of anilines is 2. The quantitative estimate of drug-likeness (QED) is 0.226. The zero-order valence-electron chi connectivity index (χ0n) is 22.0. The van der Waals surface area contributed by atoms with Crippen molar-refractivity contribution in [1.82, 2.24) is 15.0 Å². The van der Waals surface area contributed by atoms with Gasteiger partial charge in [0.25, 0.3) is 5.91 Å². The fraction of sp³-hybridized carbons (Fsp3) is 0.138. The Kier molecular flexibility index (Phi) is 7.41. The molecule has 2 amide bonds. The molecule has 3 aromatic heterocycles. The first-order chi connectivity index (χ1) is 19.5. The molecule has 8 nitrogen and oxygen atoms in total. The van der Waals surface area contributed by atoms with Gasteiger partial charge in [0.2, 0.25) is 5.91 Å². The number of ether oxygens (including phenoxy) is 1. The number of nitrogens with zero attached hydrogens (tertiary/aromatic N) is 3. The lowest BCUT2D eigenvalue weighted by Gasteiger charge is -2.15. The van der Waals surface area contributed by atoms with Gasteiger partial charge in [0, 0.05) is 41.2 Å². The van der Waals surface area contributed by atoms with E-state index in [0.29, 0.717) is 27.4 Å². The van der Waals surface area contributed by atoms with Crippen LogP contribution in [0.3, 0.4) is 0 Å². The number of methoxy groups -OCH3 is 1. The average molecular weight is 578 g/mol. The lowest BCUT2D eigenvalue weighted by molar-refractivity contribution is -0.137. The summed E-state index contributed by atoms with van der Waals surface area (Å²) in [6.45, 7) is 3.11. The highest BCUT2D eigenvalue weighted by Crippen LogP contribution is 2.39. The van der Waals surface area contributed by atoms with Crippen molar-refractivity contribution in [3.05, 3.63) is 83.7 Å². The Hall–Kier alpha value is -4.84. The minimum Gasteiger partial charge on any atom is -0.496 e. The van der Waals surface area contributed by atoms with Crippen LogP contribution in [0.1, 0.15) is 28.5 Å². The van der Waals surface area contributed by atoms with Gasteiger partial charge in [-0.15, -0.1) is 0 Å². The average Bonchev–Trinajstić information content (AvgIpc) is 3.33. The van der Waals surface area contributed by atoms with Crippen molar-refractivity contribution in [2.24, 2.45) is 0 Å². The molecule has 0 spiro atoms. The molecule has 0 bridgehead atoms. The third kappa shape index (κ3) is 6.02. The predicted octanol–water partition coefficient (Wildman–Crippen LogP) is 6.97. The van der Waals surface area contributed by atoms with Crippen LogP contribution in [0.25, 0.3) is 32.7 Å². The lowest BCUT2D eigenvalue weighted by atomic mass is 9.97. The number of hydrogen-bond acceptors (Lipinski definition) is 7. The summed E-state index contributed by atoms with van der Waals surface area (Å²) in [5.74, 6) is -0.585. The number of pyridine rings is 2. The molecule has 0 fully saturated rings. The van der Waals surface area contributed by atoms with E-state index in [1.807, 2.05) is 12.1 Å². The van der Waals surface area contributed by atoms with E-state index in [0.717, 1.165) is 29.0 Å². The maximum absolute atomic E-state index is 13.5. The fourth-order valence-corrected chi connectivity index (χ4v) is 5.01. The first-order valence-corrected chi connectivity index (χ1v) is 13.0. The van der Waals surface area contributed by atoms with Gasteiger partial charge in [-0.1, -0.05) is 23.5 Å². The Balaban J connectivity index is 1.45. The van der Waals surface area contributed by atoms with E-state index in [4.69, 9.17) is 4.74 Å². The summed E-state index contributed by atoms with van der Waals surface area (Å²) >= 11 is 1.15. The number of rotatable bonds is 6. The number of alkyl halides is 3. The first kappa shape index (κ1) is 27.7. The number of benzene rings is 2. The number of hydrogen-bond donors (Lipinski definition) is 2. The molecular formula is C29H22F3N5O3S. The van der Waals surface area contributed by atoms with Crippen molar-refractivity contribution in [1.29, 1.82) is 0 Å². The van der Waals surface area contributed by atoms with Gasteiger partial charge in [-0.2, -0.15) is 13.2 Å². The predicted molar refractivity (Wildman–Crippen MR) is 151 cm³/mol. The van der Waals surface area contributed by atoms with E-state index in [9.17, 15) is 22.8 Å². The van der Waals surface area contributed by atoms with E-state index in [1.165, 1.54) is 32.4 Å². The van der Waals surface area contributed by atoms with Gasteiger partial charge in [-0.05, 0) is 55.5 Å². The largest absolute Gasteiger partial charge is 0.496 e. The number of amides is 2. The Bertz CT molecular complexity index is 1790. The van der Waals surface area contributed by atoms with Crippen molar-refractivity contribution >= 4 is 44.3 Å². The van der Waals surface area contributed by atoms with Crippen LogP contribution in [-0.4, -0.2) is 33.9 Å². The summed E-state index contributed by atoms with van der Waals surface area (Å²) in [5.41, 5.74) is 2.77. The van der Waals surface area contributed by atoms with E-state index in [2.05, 4.69) is 25.6 Å². The van der Waals surface area contributed by atoms with Gasteiger partial charge in [0.15, 0.2) is 5.13 Å². The van der Waals surface area contributed by atoms with Gasteiger partial charge in [-0.25, -0.2) is 9.97 Å². The molecule has 0 aliphatic carbocycles. The fourth-order valence-electron chi connectivity index (χ4n) is 4.18. The first-order valence-electron chi connectivity index (χ1n) is 12.2. The van der Waals surface area contributed by atoms with Crippen LogP contribution in [0.5, 0.6) is 5.75 Å². The maximum atomic E-state index is 13.5. The van der Waals surface area contributed by atoms with Crippen LogP contribution in [-0.2, 0) is 11.0 Å². The van der Waals surface area contributed by atoms with E-state index in [1.54, 1.807) is 31.2 Å². The van der Waals surface area contributed by atoms with Gasteiger partial charge in [0.05, 0.1) is 23.9 Å². The Morgan fingerprint density at radius 2 is 1.68 bits per heavy atom. The topological polar surface area (TPSA) is 106 Å². The molecule has 0 aliphatic heterocycles. The number of fused-ring (bicyclic) bond motifs is 1. The normalized spacial score (nSPS) is 11.4. The standard InChI is InChI=1S/C29H22F3N5O3S/c1-15-12-20(21-13-18(29(30,31)32)6-11-25(21)40-3)22(14-33-15)26(39)37-28-36-24-10-9-23(35-27(24)41-28)17-4-7-19(8-5-17)34-16(2)38/h4-14H,1-3H3,(H,34,38)(H,36,37,39). The molecule has 2 N–H and O–H groups in total. The highest BCUT2D eigenvalue weighted by molar-refractivity contribution is 7.22. The molecule has 12 heteroatoms. The Morgan fingerprint density at radius 1 is 0.927 bits per heavy atom. The molecule has 0 atom stereocenters. The molecule has 5 aromatic rings. The highest BCUT2D eigenvalue weighted by Gasteiger charge is 2.32. The molecule has 0 saturated heterocycles. The zero-order valence-corrected chi connectivity index (χ0v) is 22.8. The number of aryl methyl sites for hydroxylation is 1. The van der Waals surface area contributed by atoms with Gasteiger partial charge >= 0.3 is 6.18 Å². The molecule has 3 heterocycles. The summed E-state index contributed by atoms with van der Waals surface area (Å²) in [4.78, 5) is 38.5. The molecule has 0 aliphatic rings. The monoisotopic (exact) mass is 577 g/mol. The number of carbonyl (C=O) groups is 2. The smallest absolute Gasteiger partial charge is 0.416 e. The zero-order chi connectivity index (χ0) is 29.3. The number of carbonyl (C=O) groups excluding carboxylic acids is 2. The van der Waals surface area contributed by atoms with Gasteiger partial charge < -0.3 is 10.1 Å². The van der Waals surface area contributed by atoms with E-state index >= 15 is 0 Å². The molecule has 0 radical (unpaired) electrons. The van der Waals surface area contributed by atoms with E-state index in [-0.39, 0.29) is 33.5 Å². The SMILES string of the molecule is COc1ccc(C(F)(F)F)cc1-c1cc(C)ncc1C(=O)Nc1nc2ccc(-c3ccc(NC(C)=O)cc3)nc2s1. The van der Waals surface area contributed by atoms with Crippen LogP contribution in [0.15, 0.2) is 66.9 Å². The number of halogens is 3. The second-order valence-corrected chi connectivity index (χ2v) is 10.0. The minimum absolute atomic E-state index is 0.0559. The van der Waals surface area contributed by atoms with Gasteiger partial charge in [0.1, 0.15) is 16.1 Å². The van der Waals surface area contributed by atoms with Crippen molar-refractivity contribution in [3.8, 4) is 28.1 Å². The van der Waals surface area contributed by atoms with Crippen molar-refractivity contribution < 1.29 is 27.5 Å². The van der Waals surface area contributed by atoms with Crippen molar-refractivity contribution in [2.45, 2.75) is 20.0 Å². The highest BCUT2D eigenvalue weighted by atomic mass is 32.1. The summed E-state index contributed by atoms with van der Waals surface area (Å²) in [7, 11) is 1.35. The maximum Gasteiger partial charge on any atom is 0.416 e. The van der Waals surface area contributed by atoms with Crippen molar-refractivity contribution in [3.63, 3.8) is 0 Å². The van der Waals surface area contributed by atoms with Crippen LogP contribution in [0.4, 0.5) is 24.0 Å². The minimum atomic E-state index is -4.58. The molecule has 0 unspecified atom stereocenters. The molecule has 5 rings (SSSR count). The summed E-state index contributed by atoms with van der Waals surface area (Å²) in [5, 5.41) is 5.70. The van der Waals surface area contributed by atoms with Crippen LogP contribution < -0.4 is 15.4 Å². The van der Waals surface area contributed by atoms with Crippen LogP contribution >= 0.6 is 11.3 Å². The second-order valence-electron chi connectivity index (χ2n) is 9.04. The molecule has 208 valence electrons. The molecule has 41 heavy (non-hydrogen) atoms. The second kappa shape index (κ2) is 11.0. The summed E-state index contributed by atoms with van der Waals surface area (Å²) < 4.78 is 45.8. The Morgan fingerprint density at radius 3 is 2.37 bits per heavy atom. The molecule has 0 saturated carbocycles. The molecule has 2 aromatic carbocycles. The summed E-state index contributed by atoms with van der Waals surface area (Å²) in [6, 6.07) is 15.4. The van der Waals surface area contributed by atoms with Crippen LogP contribution in [0.2, 0.25) is 0 Å².